The number of halogens is 1. The summed E-state index contributed by atoms with van der Waals surface area (Å²) in [5.41, 5.74) is 1.88. The van der Waals surface area contributed by atoms with E-state index in [9.17, 15) is 9.18 Å². The number of aliphatic hydroxyl groups is 1. The minimum atomic E-state index is -0.316. The van der Waals surface area contributed by atoms with E-state index in [2.05, 4.69) is 10.4 Å². The number of aliphatic hydroxyl groups excluding tert-OH is 1. The fourth-order valence-corrected chi connectivity index (χ4v) is 2.25. The molecule has 1 unspecified atom stereocenters. The maximum Gasteiger partial charge on any atom is 0.254 e. The van der Waals surface area contributed by atoms with E-state index in [4.69, 9.17) is 5.11 Å². The van der Waals surface area contributed by atoms with Gasteiger partial charge in [-0.25, -0.2) is 9.07 Å². The van der Waals surface area contributed by atoms with E-state index >= 15 is 0 Å². The van der Waals surface area contributed by atoms with Gasteiger partial charge in [-0.1, -0.05) is 0 Å². The molecule has 118 valence electrons. The van der Waals surface area contributed by atoms with Crippen LogP contribution >= 0.6 is 0 Å². The maximum absolute atomic E-state index is 13.0. The lowest BCUT2D eigenvalue weighted by atomic mass is 10.1. The van der Waals surface area contributed by atoms with Crippen molar-refractivity contribution in [2.24, 2.45) is 0 Å². The van der Waals surface area contributed by atoms with Gasteiger partial charge in [0.15, 0.2) is 0 Å². The number of amides is 1. The Balaban J connectivity index is 2.13. The molecule has 1 heterocycles. The monoisotopic (exact) mass is 305 g/mol. The third kappa shape index (κ3) is 3.71. The van der Waals surface area contributed by atoms with Crippen LogP contribution in [0.2, 0.25) is 0 Å². The molecule has 1 amide bonds. The zero-order chi connectivity index (χ0) is 16.1. The van der Waals surface area contributed by atoms with Gasteiger partial charge in [0.1, 0.15) is 5.82 Å². The lowest BCUT2D eigenvalue weighted by Gasteiger charge is -2.13. The van der Waals surface area contributed by atoms with Crippen molar-refractivity contribution in [1.82, 2.24) is 15.1 Å². The molecule has 0 aliphatic heterocycles. The number of rotatable bonds is 6. The Kier molecular flexibility index (Phi) is 5.27. The molecule has 0 bridgehead atoms. The van der Waals surface area contributed by atoms with Crippen LogP contribution in [0.5, 0.6) is 0 Å². The van der Waals surface area contributed by atoms with Crippen LogP contribution in [0.1, 0.15) is 35.8 Å². The molecule has 0 spiro atoms. The Bertz CT molecular complexity index is 637. The third-order valence-corrected chi connectivity index (χ3v) is 3.50. The summed E-state index contributed by atoms with van der Waals surface area (Å²) in [5, 5.41) is 15.9. The highest BCUT2D eigenvalue weighted by atomic mass is 19.1. The Morgan fingerprint density at radius 1 is 1.41 bits per heavy atom. The van der Waals surface area contributed by atoms with E-state index in [1.54, 1.807) is 23.7 Å². The molecule has 0 radical (unpaired) electrons. The molecular formula is C16H20FN3O2. The molecule has 1 aromatic heterocycles. The van der Waals surface area contributed by atoms with Crippen LogP contribution < -0.4 is 5.32 Å². The molecule has 2 aromatic rings. The zero-order valence-electron chi connectivity index (χ0n) is 12.7. The number of aromatic nitrogens is 2. The normalized spacial score (nSPS) is 12.2. The van der Waals surface area contributed by atoms with Gasteiger partial charge in [0.25, 0.3) is 5.91 Å². The number of carbonyl (C=O) groups excluding carboxylic acids is 1. The molecule has 0 fully saturated rings. The van der Waals surface area contributed by atoms with Crippen LogP contribution in [-0.4, -0.2) is 33.4 Å². The second kappa shape index (κ2) is 7.17. The third-order valence-electron chi connectivity index (χ3n) is 3.50. The molecule has 5 nitrogen and oxygen atoms in total. The summed E-state index contributed by atoms with van der Waals surface area (Å²) < 4.78 is 14.6. The van der Waals surface area contributed by atoms with E-state index in [-0.39, 0.29) is 24.4 Å². The SMILES string of the molecule is Cc1c(C(=O)NC(C)CCCO)cnn1-c1ccc(F)cc1. The summed E-state index contributed by atoms with van der Waals surface area (Å²) in [5.74, 6) is -0.513. The second-order valence-corrected chi connectivity index (χ2v) is 5.27. The predicted octanol–water partition coefficient (Wildman–Crippen LogP) is 2.21. The van der Waals surface area contributed by atoms with Crippen molar-refractivity contribution in [2.75, 3.05) is 6.61 Å². The van der Waals surface area contributed by atoms with Crippen LogP contribution in [-0.2, 0) is 0 Å². The quantitative estimate of drug-likeness (QED) is 0.860. The summed E-state index contributed by atoms with van der Waals surface area (Å²) in [6.45, 7) is 3.80. The summed E-state index contributed by atoms with van der Waals surface area (Å²) in [7, 11) is 0. The van der Waals surface area contributed by atoms with Gasteiger partial charge in [-0.2, -0.15) is 5.10 Å². The van der Waals surface area contributed by atoms with Gasteiger partial charge < -0.3 is 10.4 Å². The summed E-state index contributed by atoms with van der Waals surface area (Å²) in [6.07, 6.45) is 2.87. The fourth-order valence-electron chi connectivity index (χ4n) is 2.25. The number of carbonyl (C=O) groups is 1. The highest BCUT2D eigenvalue weighted by molar-refractivity contribution is 5.95. The molecule has 1 aromatic carbocycles. The van der Waals surface area contributed by atoms with Crippen LogP contribution in [0.3, 0.4) is 0 Å². The average Bonchev–Trinajstić information content (AvgIpc) is 2.88. The number of nitrogens with one attached hydrogen (secondary N) is 1. The van der Waals surface area contributed by atoms with Crippen LogP contribution in [0.25, 0.3) is 5.69 Å². The molecule has 0 aliphatic carbocycles. The van der Waals surface area contributed by atoms with Gasteiger partial charge in [-0.05, 0) is 51.0 Å². The first-order valence-electron chi connectivity index (χ1n) is 7.25. The number of nitrogens with zero attached hydrogens (tertiary/aromatic N) is 2. The largest absolute Gasteiger partial charge is 0.396 e. The summed E-state index contributed by atoms with van der Waals surface area (Å²) >= 11 is 0. The zero-order valence-corrected chi connectivity index (χ0v) is 12.7. The summed E-state index contributed by atoms with van der Waals surface area (Å²) in [4.78, 5) is 12.3. The molecule has 0 saturated heterocycles. The maximum atomic E-state index is 13.0. The Labute approximate surface area is 128 Å². The topological polar surface area (TPSA) is 67.2 Å². The number of benzene rings is 1. The van der Waals surface area contributed by atoms with Crippen LogP contribution in [0.15, 0.2) is 30.5 Å². The molecular weight excluding hydrogens is 285 g/mol. The van der Waals surface area contributed by atoms with Crippen molar-refractivity contribution in [3.05, 3.63) is 47.5 Å². The molecule has 2 rings (SSSR count). The first kappa shape index (κ1) is 16.2. The van der Waals surface area contributed by atoms with E-state index in [0.717, 1.165) is 0 Å². The van der Waals surface area contributed by atoms with Crippen molar-refractivity contribution < 1.29 is 14.3 Å². The predicted molar refractivity (Wildman–Crippen MR) is 81.5 cm³/mol. The fraction of sp³-hybridized carbons (Fsp3) is 0.375. The molecule has 0 saturated carbocycles. The number of hydrogen-bond donors (Lipinski definition) is 2. The van der Waals surface area contributed by atoms with Crippen molar-refractivity contribution in [1.29, 1.82) is 0 Å². The van der Waals surface area contributed by atoms with Crippen molar-refractivity contribution >= 4 is 5.91 Å². The highest BCUT2D eigenvalue weighted by Crippen LogP contribution is 2.15. The minimum Gasteiger partial charge on any atom is -0.396 e. The van der Waals surface area contributed by atoms with Gasteiger partial charge in [-0.3, -0.25) is 4.79 Å². The van der Waals surface area contributed by atoms with E-state index in [1.165, 1.54) is 18.3 Å². The molecule has 1 atom stereocenters. The van der Waals surface area contributed by atoms with Crippen molar-refractivity contribution in [2.45, 2.75) is 32.7 Å². The van der Waals surface area contributed by atoms with Crippen molar-refractivity contribution in [3.63, 3.8) is 0 Å². The van der Waals surface area contributed by atoms with E-state index in [0.29, 0.717) is 29.8 Å². The highest BCUT2D eigenvalue weighted by Gasteiger charge is 2.16. The Hall–Kier alpha value is -2.21. The van der Waals surface area contributed by atoms with Crippen molar-refractivity contribution in [3.8, 4) is 5.69 Å². The van der Waals surface area contributed by atoms with E-state index < -0.39 is 0 Å². The smallest absolute Gasteiger partial charge is 0.254 e. The lowest BCUT2D eigenvalue weighted by molar-refractivity contribution is 0.0936. The molecule has 6 heteroatoms. The van der Waals surface area contributed by atoms with E-state index in [1.807, 2.05) is 6.92 Å². The van der Waals surface area contributed by atoms with Crippen LogP contribution in [0.4, 0.5) is 4.39 Å². The van der Waals surface area contributed by atoms with Gasteiger partial charge in [0.05, 0.1) is 23.1 Å². The molecule has 22 heavy (non-hydrogen) atoms. The lowest BCUT2D eigenvalue weighted by Crippen LogP contribution is -2.32. The Morgan fingerprint density at radius 3 is 2.73 bits per heavy atom. The second-order valence-electron chi connectivity index (χ2n) is 5.27. The Morgan fingerprint density at radius 2 is 2.09 bits per heavy atom. The first-order chi connectivity index (χ1) is 10.5. The molecule has 0 aliphatic rings. The first-order valence-corrected chi connectivity index (χ1v) is 7.25. The standard InChI is InChI=1S/C16H20FN3O2/c1-11(4-3-9-21)19-16(22)15-10-18-20(12(15)2)14-7-5-13(17)6-8-14/h5-8,10-11,21H,3-4,9H2,1-2H3,(H,19,22). The van der Waals surface area contributed by atoms with Gasteiger partial charge in [0, 0.05) is 12.6 Å². The number of hydrogen-bond acceptors (Lipinski definition) is 3. The van der Waals surface area contributed by atoms with Gasteiger partial charge in [-0.15, -0.1) is 0 Å². The minimum absolute atomic E-state index is 0.0202. The average molecular weight is 305 g/mol. The van der Waals surface area contributed by atoms with Gasteiger partial charge >= 0.3 is 0 Å². The van der Waals surface area contributed by atoms with Crippen LogP contribution in [0, 0.1) is 12.7 Å². The summed E-state index contributed by atoms with van der Waals surface area (Å²) in [6, 6.07) is 5.91. The molecule has 2 N–H and O–H groups in total. The van der Waals surface area contributed by atoms with Gasteiger partial charge in [0.2, 0.25) is 0 Å².